The molecule has 2 N–H and O–H groups in total. The van der Waals surface area contributed by atoms with Gasteiger partial charge in [-0.15, -0.1) is 11.6 Å². The Morgan fingerprint density at radius 2 is 1.83 bits per heavy atom. The van der Waals surface area contributed by atoms with Gasteiger partial charge in [-0.3, -0.25) is 0 Å². The maximum absolute atomic E-state index is 9.50. The summed E-state index contributed by atoms with van der Waals surface area (Å²) in [6.45, 7) is -0.225. The van der Waals surface area contributed by atoms with Crippen LogP contribution in [0, 0.1) is 0 Å². The first-order valence-electron chi connectivity index (χ1n) is 3.73. The van der Waals surface area contributed by atoms with Crippen molar-refractivity contribution in [2.24, 2.45) is 0 Å². The predicted molar refractivity (Wildman–Crippen MR) is 48.1 cm³/mol. The Morgan fingerprint density at radius 1 is 1.25 bits per heavy atom. The quantitative estimate of drug-likeness (QED) is 0.700. The number of hydrogen-bond acceptors (Lipinski definition) is 2. The smallest absolute Gasteiger partial charge is 0.0975 e. The van der Waals surface area contributed by atoms with Crippen LogP contribution in [0.2, 0.25) is 0 Å². The molecule has 0 fully saturated rings. The van der Waals surface area contributed by atoms with E-state index in [-0.39, 0.29) is 6.61 Å². The molecule has 0 radical (unpaired) electrons. The number of aliphatic hydroxyl groups excluding tert-OH is 2. The van der Waals surface area contributed by atoms with Gasteiger partial charge in [-0.1, -0.05) is 30.3 Å². The van der Waals surface area contributed by atoms with E-state index in [4.69, 9.17) is 16.7 Å². The fourth-order valence-corrected chi connectivity index (χ4v) is 1.10. The number of rotatable bonds is 3. The van der Waals surface area contributed by atoms with E-state index >= 15 is 0 Å². The lowest BCUT2D eigenvalue weighted by Gasteiger charge is -2.14. The first-order chi connectivity index (χ1) is 5.75. The summed E-state index contributed by atoms with van der Waals surface area (Å²) in [5, 5.41) is 17.5. The second kappa shape index (κ2) is 4.45. The van der Waals surface area contributed by atoms with Gasteiger partial charge in [0.1, 0.15) is 0 Å². The molecule has 0 saturated carbocycles. The minimum atomic E-state index is -0.794. The molecule has 1 aromatic carbocycles. The summed E-state index contributed by atoms with van der Waals surface area (Å²) in [5.41, 5.74) is 0.728. The molecule has 0 aliphatic heterocycles. The van der Waals surface area contributed by atoms with Gasteiger partial charge in [0.25, 0.3) is 0 Å². The Hall–Kier alpha value is -0.570. The largest absolute Gasteiger partial charge is 0.395 e. The summed E-state index contributed by atoms with van der Waals surface area (Å²) in [5.74, 6) is 0. The molecule has 2 atom stereocenters. The number of benzene rings is 1. The van der Waals surface area contributed by atoms with Gasteiger partial charge < -0.3 is 10.2 Å². The van der Waals surface area contributed by atoms with Crippen molar-refractivity contribution in [2.45, 2.75) is 11.5 Å². The van der Waals surface area contributed by atoms with Crippen molar-refractivity contribution in [1.29, 1.82) is 0 Å². The molecule has 2 nitrogen and oxygen atoms in total. The molecular weight excluding hydrogens is 176 g/mol. The highest BCUT2D eigenvalue weighted by Gasteiger charge is 2.16. The van der Waals surface area contributed by atoms with Crippen molar-refractivity contribution in [3.05, 3.63) is 35.9 Å². The standard InChI is InChI=1S/C9H11ClO2/c10-8(6-11)9(12)7-4-2-1-3-5-7/h1-5,8-9,11-12H,6H2/t8-,9+/m0/s1. The van der Waals surface area contributed by atoms with Gasteiger partial charge in [-0.25, -0.2) is 0 Å². The van der Waals surface area contributed by atoms with Crippen molar-refractivity contribution >= 4 is 11.6 Å². The Bertz CT molecular complexity index is 225. The summed E-state index contributed by atoms with van der Waals surface area (Å²) < 4.78 is 0. The SMILES string of the molecule is OC[C@H](Cl)[C@H](O)c1ccccc1. The van der Waals surface area contributed by atoms with E-state index in [0.29, 0.717) is 0 Å². The third-order valence-electron chi connectivity index (χ3n) is 1.66. The van der Waals surface area contributed by atoms with Crippen LogP contribution in [0.4, 0.5) is 0 Å². The van der Waals surface area contributed by atoms with Crippen LogP contribution in [0.5, 0.6) is 0 Å². The van der Waals surface area contributed by atoms with Gasteiger partial charge in [0, 0.05) is 0 Å². The van der Waals surface area contributed by atoms with Crippen molar-refractivity contribution in [1.82, 2.24) is 0 Å². The first-order valence-corrected chi connectivity index (χ1v) is 4.17. The highest BCUT2D eigenvalue weighted by molar-refractivity contribution is 6.21. The Balaban J connectivity index is 2.71. The zero-order valence-corrected chi connectivity index (χ0v) is 7.28. The molecular formula is C9H11ClO2. The number of halogens is 1. The first kappa shape index (κ1) is 9.52. The van der Waals surface area contributed by atoms with Crippen LogP contribution < -0.4 is 0 Å². The lowest BCUT2D eigenvalue weighted by atomic mass is 10.1. The lowest BCUT2D eigenvalue weighted by Crippen LogP contribution is -2.16. The van der Waals surface area contributed by atoms with Gasteiger partial charge in [-0.2, -0.15) is 0 Å². The molecule has 0 bridgehead atoms. The average Bonchev–Trinajstić information content (AvgIpc) is 2.17. The van der Waals surface area contributed by atoms with Gasteiger partial charge in [0.05, 0.1) is 18.1 Å². The van der Waals surface area contributed by atoms with Gasteiger partial charge in [0.2, 0.25) is 0 Å². The van der Waals surface area contributed by atoms with Crippen LogP contribution in [0.25, 0.3) is 0 Å². The highest BCUT2D eigenvalue weighted by atomic mass is 35.5. The Morgan fingerprint density at radius 3 is 2.33 bits per heavy atom. The van der Waals surface area contributed by atoms with Crippen LogP contribution in [0.3, 0.4) is 0 Å². The fourth-order valence-electron chi connectivity index (χ4n) is 0.959. The number of aliphatic hydroxyl groups is 2. The highest BCUT2D eigenvalue weighted by Crippen LogP contribution is 2.19. The van der Waals surface area contributed by atoms with E-state index in [1.165, 1.54) is 0 Å². The van der Waals surface area contributed by atoms with E-state index in [0.717, 1.165) is 5.56 Å². The summed E-state index contributed by atoms with van der Waals surface area (Å²) in [6.07, 6.45) is -0.794. The van der Waals surface area contributed by atoms with Crippen molar-refractivity contribution < 1.29 is 10.2 Å². The number of alkyl halides is 1. The summed E-state index contributed by atoms with van der Waals surface area (Å²) in [7, 11) is 0. The molecule has 0 saturated heterocycles. The monoisotopic (exact) mass is 186 g/mol. The molecule has 0 aromatic heterocycles. The molecule has 1 rings (SSSR count). The van der Waals surface area contributed by atoms with Crippen molar-refractivity contribution in [2.75, 3.05) is 6.61 Å². The number of hydrogen-bond donors (Lipinski definition) is 2. The third kappa shape index (κ3) is 2.21. The third-order valence-corrected chi connectivity index (χ3v) is 2.03. The minimum absolute atomic E-state index is 0.225. The van der Waals surface area contributed by atoms with E-state index < -0.39 is 11.5 Å². The topological polar surface area (TPSA) is 40.5 Å². The van der Waals surface area contributed by atoms with Gasteiger partial charge in [0.15, 0.2) is 0 Å². The zero-order valence-electron chi connectivity index (χ0n) is 6.52. The molecule has 0 aliphatic rings. The molecule has 0 unspecified atom stereocenters. The zero-order chi connectivity index (χ0) is 8.97. The van der Waals surface area contributed by atoms with E-state index in [1.54, 1.807) is 12.1 Å². The van der Waals surface area contributed by atoms with E-state index in [9.17, 15) is 5.11 Å². The molecule has 0 heterocycles. The van der Waals surface area contributed by atoms with Crippen molar-refractivity contribution in [3.8, 4) is 0 Å². The minimum Gasteiger partial charge on any atom is -0.395 e. The summed E-state index contributed by atoms with van der Waals surface area (Å²) in [6, 6.07) is 9.04. The molecule has 0 aliphatic carbocycles. The Labute approximate surface area is 76.4 Å². The van der Waals surface area contributed by atoms with Crippen LogP contribution >= 0.6 is 11.6 Å². The van der Waals surface area contributed by atoms with Crippen LogP contribution in [-0.4, -0.2) is 22.2 Å². The predicted octanol–water partition coefficient (Wildman–Crippen LogP) is 1.32. The lowest BCUT2D eigenvalue weighted by molar-refractivity contribution is 0.139. The summed E-state index contributed by atoms with van der Waals surface area (Å²) in [4.78, 5) is 0. The second-order valence-electron chi connectivity index (χ2n) is 2.55. The molecule has 1 aromatic rings. The van der Waals surface area contributed by atoms with Gasteiger partial charge >= 0.3 is 0 Å². The molecule has 3 heteroatoms. The van der Waals surface area contributed by atoms with E-state index in [1.807, 2.05) is 18.2 Å². The van der Waals surface area contributed by atoms with Gasteiger partial charge in [-0.05, 0) is 5.56 Å². The molecule has 66 valence electrons. The Kier molecular flexibility index (Phi) is 3.53. The maximum atomic E-state index is 9.50. The van der Waals surface area contributed by atoms with Crippen molar-refractivity contribution in [3.63, 3.8) is 0 Å². The molecule has 0 spiro atoms. The van der Waals surface area contributed by atoms with Crippen LogP contribution in [-0.2, 0) is 0 Å². The second-order valence-corrected chi connectivity index (χ2v) is 3.11. The van der Waals surface area contributed by atoms with E-state index in [2.05, 4.69) is 0 Å². The van der Waals surface area contributed by atoms with Crippen LogP contribution in [0.15, 0.2) is 30.3 Å². The average molecular weight is 187 g/mol. The molecule has 0 amide bonds. The maximum Gasteiger partial charge on any atom is 0.0975 e. The normalized spacial score (nSPS) is 15.6. The fraction of sp³-hybridized carbons (Fsp3) is 0.333. The molecule has 12 heavy (non-hydrogen) atoms. The van der Waals surface area contributed by atoms with Crippen LogP contribution in [0.1, 0.15) is 11.7 Å². The summed E-state index contributed by atoms with van der Waals surface area (Å²) >= 11 is 5.65.